The van der Waals surface area contributed by atoms with Crippen molar-refractivity contribution in [3.05, 3.63) is 68.6 Å². The number of nitrogens with one attached hydrogen (secondary N) is 1. The Morgan fingerprint density at radius 1 is 1.15 bits per heavy atom. The minimum Gasteiger partial charge on any atom is -0.342 e. The summed E-state index contributed by atoms with van der Waals surface area (Å²) < 4.78 is 0. The van der Waals surface area contributed by atoms with Crippen LogP contribution in [0.5, 0.6) is 0 Å². The van der Waals surface area contributed by atoms with Crippen LogP contribution < -0.4 is 0 Å². The number of imidazole rings is 1. The van der Waals surface area contributed by atoms with Crippen molar-refractivity contribution in [2.24, 2.45) is 0 Å². The van der Waals surface area contributed by atoms with E-state index in [4.69, 9.17) is 28.2 Å². The summed E-state index contributed by atoms with van der Waals surface area (Å²) in [7, 11) is 0. The molecule has 0 aliphatic rings. The number of nitrogens with zero attached hydrogens (tertiary/aromatic N) is 1. The fourth-order valence-corrected chi connectivity index (χ4v) is 4.97. The molecule has 0 amide bonds. The first-order chi connectivity index (χ1) is 12.7. The van der Waals surface area contributed by atoms with Gasteiger partial charge in [-0.25, -0.2) is 4.98 Å². The second-order valence-corrected chi connectivity index (χ2v) is 8.80. The van der Waals surface area contributed by atoms with Gasteiger partial charge in [-0.05, 0) is 51.9 Å². The maximum atomic E-state index is 6.65. The zero-order chi connectivity index (χ0) is 18.1. The number of hydrogen-bond donors (Lipinski definition) is 1. The van der Waals surface area contributed by atoms with Crippen LogP contribution >= 0.6 is 46.3 Å². The Labute approximate surface area is 170 Å². The molecule has 26 heavy (non-hydrogen) atoms. The van der Waals surface area contributed by atoms with E-state index in [1.807, 2.05) is 34.7 Å². The molecule has 0 spiro atoms. The quantitative estimate of drug-likeness (QED) is 0.344. The monoisotopic (exact) mass is 418 g/mol. The number of H-pyrrole nitrogens is 1. The molecule has 2 aromatic heterocycles. The van der Waals surface area contributed by atoms with Gasteiger partial charge in [-0.1, -0.05) is 42.3 Å². The Morgan fingerprint density at radius 2 is 1.96 bits per heavy atom. The highest BCUT2D eigenvalue weighted by molar-refractivity contribution is 7.99. The third kappa shape index (κ3) is 3.52. The van der Waals surface area contributed by atoms with E-state index in [0.717, 1.165) is 40.2 Å². The van der Waals surface area contributed by atoms with Gasteiger partial charge in [0.15, 0.2) is 0 Å². The molecule has 2 nitrogen and oxygen atoms in total. The predicted octanol–water partition coefficient (Wildman–Crippen LogP) is 7.30. The van der Waals surface area contributed by atoms with Gasteiger partial charge in [0, 0.05) is 16.9 Å². The smallest absolute Gasteiger partial charge is 0.111 e. The molecule has 0 unspecified atom stereocenters. The predicted molar refractivity (Wildman–Crippen MR) is 115 cm³/mol. The highest BCUT2D eigenvalue weighted by Gasteiger charge is 2.16. The molecule has 0 aliphatic carbocycles. The molecular weight excluding hydrogens is 403 g/mol. The number of aromatic nitrogens is 2. The van der Waals surface area contributed by atoms with E-state index in [0.29, 0.717) is 10.0 Å². The summed E-state index contributed by atoms with van der Waals surface area (Å²) in [6.45, 7) is 2.16. The van der Waals surface area contributed by atoms with Gasteiger partial charge in [-0.2, -0.15) is 11.3 Å². The van der Waals surface area contributed by atoms with E-state index in [9.17, 15) is 0 Å². The number of halogens is 2. The maximum Gasteiger partial charge on any atom is 0.111 e. The Bertz CT molecular complexity index is 1040. The summed E-state index contributed by atoms with van der Waals surface area (Å²) in [6.07, 6.45) is 0.730. The van der Waals surface area contributed by atoms with E-state index in [1.54, 1.807) is 11.3 Å². The molecule has 2 aromatic carbocycles. The molecule has 4 aromatic rings. The number of thioether (sulfide) groups is 1. The number of rotatable bonds is 5. The fourth-order valence-electron chi connectivity index (χ4n) is 2.95. The third-order valence-corrected chi connectivity index (χ3v) is 6.38. The van der Waals surface area contributed by atoms with Crippen molar-refractivity contribution >= 4 is 57.3 Å². The largest absolute Gasteiger partial charge is 0.342 e. The molecule has 1 N–H and O–H groups in total. The second-order valence-electron chi connectivity index (χ2n) is 5.89. The van der Waals surface area contributed by atoms with Crippen LogP contribution in [0.2, 0.25) is 10.0 Å². The molecule has 132 valence electrons. The number of fused-ring (bicyclic) bond motifs is 1. The molecule has 4 rings (SSSR count). The van der Waals surface area contributed by atoms with Gasteiger partial charge >= 0.3 is 0 Å². The van der Waals surface area contributed by atoms with E-state index in [-0.39, 0.29) is 0 Å². The summed E-state index contributed by atoms with van der Waals surface area (Å²) in [5.41, 5.74) is 4.73. The Morgan fingerprint density at radius 3 is 2.65 bits per heavy atom. The van der Waals surface area contributed by atoms with Gasteiger partial charge in [0.1, 0.15) is 11.3 Å². The van der Waals surface area contributed by atoms with Crippen molar-refractivity contribution in [3.8, 4) is 11.1 Å². The van der Waals surface area contributed by atoms with Crippen molar-refractivity contribution in [2.45, 2.75) is 18.2 Å². The van der Waals surface area contributed by atoms with Crippen molar-refractivity contribution in [3.63, 3.8) is 0 Å². The van der Waals surface area contributed by atoms with Crippen LogP contribution in [0.3, 0.4) is 0 Å². The number of thiophene rings is 1. The lowest BCUT2D eigenvalue weighted by Crippen LogP contribution is -1.90. The van der Waals surface area contributed by atoms with Crippen molar-refractivity contribution in [1.29, 1.82) is 0 Å². The summed E-state index contributed by atoms with van der Waals surface area (Å²) in [4.78, 5) is 9.37. The fraction of sp³-hybridized carbons (Fsp3) is 0.150. The summed E-state index contributed by atoms with van der Waals surface area (Å²) in [5.74, 6) is 1.96. The average molecular weight is 419 g/mol. The summed E-state index contributed by atoms with van der Waals surface area (Å²) >= 11 is 16.6. The zero-order valence-corrected chi connectivity index (χ0v) is 17.2. The number of hydrogen-bond acceptors (Lipinski definition) is 3. The van der Waals surface area contributed by atoms with Crippen LogP contribution in [-0.4, -0.2) is 15.7 Å². The van der Waals surface area contributed by atoms with Crippen LogP contribution in [0.25, 0.3) is 22.2 Å². The van der Waals surface area contributed by atoms with Gasteiger partial charge in [-0.15, -0.1) is 11.8 Å². The molecule has 6 heteroatoms. The molecule has 0 bridgehead atoms. The Balaban J connectivity index is 1.68. The van der Waals surface area contributed by atoms with Crippen molar-refractivity contribution in [2.75, 3.05) is 5.75 Å². The van der Waals surface area contributed by atoms with Crippen LogP contribution in [0.1, 0.15) is 18.3 Å². The number of benzene rings is 2. The molecular formula is C20H16Cl2N2S2. The van der Waals surface area contributed by atoms with Gasteiger partial charge in [0.05, 0.1) is 15.6 Å². The summed E-state index contributed by atoms with van der Waals surface area (Å²) in [6, 6.07) is 12.5. The minimum atomic E-state index is 0.600. The molecule has 0 fully saturated rings. The first kappa shape index (κ1) is 17.9. The first-order valence-corrected chi connectivity index (χ1v) is 10.9. The van der Waals surface area contributed by atoms with Crippen molar-refractivity contribution in [1.82, 2.24) is 9.97 Å². The van der Waals surface area contributed by atoms with Crippen molar-refractivity contribution < 1.29 is 0 Å². The SMILES string of the molecule is CCSc1ccc(Cc2nc3c(Cl)c(-c4ccsc4)c(Cl)cc3[nH]2)cc1. The van der Waals surface area contributed by atoms with E-state index < -0.39 is 0 Å². The topological polar surface area (TPSA) is 28.7 Å². The number of aromatic amines is 1. The van der Waals surface area contributed by atoms with E-state index >= 15 is 0 Å². The van der Waals surface area contributed by atoms with Gasteiger partial charge in [0.2, 0.25) is 0 Å². The van der Waals surface area contributed by atoms with E-state index in [2.05, 4.69) is 36.2 Å². The van der Waals surface area contributed by atoms with Crippen LogP contribution in [0.4, 0.5) is 0 Å². The third-order valence-electron chi connectivity index (χ3n) is 4.13. The normalized spacial score (nSPS) is 11.3. The summed E-state index contributed by atoms with van der Waals surface area (Å²) in [5, 5.41) is 5.30. The van der Waals surface area contributed by atoms with Gasteiger partial charge < -0.3 is 4.98 Å². The average Bonchev–Trinajstić information content (AvgIpc) is 3.27. The lowest BCUT2D eigenvalue weighted by atomic mass is 10.1. The Kier molecular flexibility index (Phi) is 5.28. The highest BCUT2D eigenvalue weighted by Crippen LogP contribution is 2.40. The first-order valence-electron chi connectivity index (χ1n) is 8.26. The van der Waals surface area contributed by atoms with Gasteiger partial charge in [0.25, 0.3) is 0 Å². The maximum absolute atomic E-state index is 6.65. The molecule has 0 saturated carbocycles. The minimum absolute atomic E-state index is 0.600. The zero-order valence-electron chi connectivity index (χ0n) is 14.1. The molecule has 2 heterocycles. The van der Waals surface area contributed by atoms with Crippen LogP contribution in [0.15, 0.2) is 52.1 Å². The van der Waals surface area contributed by atoms with Crippen LogP contribution in [0, 0.1) is 0 Å². The Hall–Kier alpha value is -1.46. The van der Waals surface area contributed by atoms with Gasteiger partial charge in [-0.3, -0.25) is 0 Å². The molecule has 0 atom stereocenters. The molecule has 0 radical (unpaired) electrons. The molecule has 0 saturated heterocycles. The lowest BCUT2D eigenvalue weighted by Gasteiger charge is -2.05. The lowest BCUT2D eigenvalue weighted by molar-refractivity contribution is 1.04. The second kappa shape index (κ2) is 7.65. The van der Waals surface area contributed by atoms with Crippen LogP contribution in [-0.2, 0) is 6.42 Å². The van der Waals surface area contributed by atoms with E-state index in [1.165, 1.54) is 10.5 Å². The standard InChI is InChI=1S/C20H16Cl2N2S2/c1-2-26-14-5-3-12(4-6-14)9-17-23-16-10-15(21)18(13-7-8-25-11-13)19(22)20(16)24-17/h3-8,10-11H,2,9H2,1H3,(H,23,24). The highest BCUT2D eigenvalue weighted by atomic mass is 35.5. The molecule has 0 aliphatic heterocycles.